The number of nitrogens with zero attached hydrogens (tertiary/aromatic N) is 3. The molecule has 7 heteroatoms. The van der Waals surface area contributed by atoms with Gasteiger partial charge in [-0.15, -0.1) is 0 Å². The van der Waals surface area contributed by atoms with Crippen molar-refractivity contribution < 1.29 is 9.18 Å². The lowest BCUT2D eigenvalue weighted by Gasteiger charge is -2.40. The lowest BCUT2D eigenvalue weighted by molar-refractivity contribution is 0.100. The molecule has 0 bridgehead atoms. The van der Waals surface area contributed by atoms with Crippen LogP contribution in [0.5, 0.6) is 0 Å². The van der Waals surface area contributed by atoms with E-state index < -0.39 is 11.7 Å². The number of likely N-dealkylation sites (tertiary alicyclic amines) is 1. The van der Waals surface area contributed by atoms with Crippen LogP contribution in [-0.4, -0.2) is 44.5 Å². The summed E-state index contributed by atoms with van der Waals surface area (Å²) >= 11 is 0. The fraction of sp³-hybridized carbons (Fsp3) is 0.474. The molecule has 1 aromatic carbocycles. The van der Waals surface area contributed by atoms with Gasteiger partial charge in [-0.3, -0.25) is 9.89 Å². The molecule has 4 rings (SSSR count). The van der Waals surface area contributed by atoms with E-state index in [9.17, 15) is 9.18 Å². The summed E-state index contributed by atoms with van der Waals surface area (Å²) in [5.41, 5.74) is 8.40. The van der Waals surface area contributed by atoms with Crippen LogP contribution in [-0.2, 0) is 5.41 Å². The van der Waals surface area contributed by atoms with Gasteiger partial charge in [-0.25, -0.2) is 13.9 Å². The highest BCUT2D eigenvalue weighted by Gasteiger charge is 2.35. The van der Waals surface area contributed by atoms with Gasteiger partial charge < -0.3 is 10.6 Å². The average molecular weight is 357 g/mol. The number of aromatic nitrogens is 3. The van der Waals surface area contributed by atoms with Crippen molar-refractivity contribution in [2.24, 2.45) is 5.73 Å². The normalized spacial score (nSPS) is 18.2. The first-order chi connectivity index (χ1) is 12.3. The molecule has 0 atom stereocenters. The Hall–Kier alpha value is -2.41. The Kier molecular flexibility index (Phi) is 3.80. The number of nitrogens with one attached hydrogen (secondary N) is 1. The predicted molar refractivity (Wildman–Crippen MR) is 98.8 cm³/mol. The summed E-state index contributed by atoms with van der Waals surface area (Å²) in [7, 11) is 0. The molecule has 6 nitrogen and oxygen atoms in total. The maximum Gasteiger partial charge on any atom is 0.251 e. The molecule has 1 fully saturated rings. The number of hydrogen-bond donors (Lipinski definition) is 2. The Bertz CT molecular complexity index is 994. The van der Waals surface area contributed by atoms with E-state index in [4.69, 9.17) is 5.73 Å². The Morgan fingerprint density at radius 2 is 2.04 bits per heavy atom. The molecule has 0 aliphatic carbocycles. The highest BCUT2D eigenvalue weighted by Crippen LogP contribution is 2.38. The topological polar surface area (TPSA) is 79.4 Å². The quantitative estimate of drug-likeness (QED) is 0.756. The molecule has 26 heavy (non-hydrogen) atoms. The zero-order valence-electron chi connectivity index (χ0n) is 15.3. The van der Waals surface area contributed by atoms with Gasteiger partial charge in [0.15, 0.2) is 5.65 Å². The Morgan fingerprint density at radius 1 is 1.35 bits per heavy atom. The second-order valence-electron chi connectivity index (χ2n) is 7.83. The number of amides is 1. The molecular weight excluding hydrogens is 333 g/mol. The first-order valence-corrected chi connectivity index (χ1v) is 9.03. The molecule has 0 unspecified atom stereocenters. The van der Waals surface area contributed by atoms with Crippen LogP contribution in [0, 0.1) is 5.82 Å². The zero-order chi connectivity index (χ0) is 18.6. The van der Waals surface area contributed by atoms with Crippen LogP contribution < -0.4 is 5.73 Å². The van der Waals surface area contributed by atoms with Gasteiger partial charge in [-0.2, -0.15) is 0 Å². The fourth-order valence-electron chi connectivity index (χ4n) is 4.11. The number of aromatic amines is 1. The molecule has 3 aromatic rings. The number of carbonyl (C=O) groups excluding carboxylic acids is 1. The van der Waals surface area contributed by atoms with Gasteiger partial charge in [-0.05, 0) is 45.8 Å². The van der Waals surface area contributed by atoms with E-state index in [1.165, 1.54) is 12.1 Å². The minimum atomic E-state index is -0.663. The van der Waals surface area contributed by atoms with Crippen molar-refractivity contribution in [2.45, 2.75) is 45.1 Å². The summed E-state index contributed by atoms with van der Waals surface area (Å²) in [4.78, 5) is 18.9. The highest BCUT2D eigenvalue weighted by atomic mass is 19.1. The van der Waals surface area contributed by atoms with E-state index in [1.54, 1.807) is 4.52 Å². The number of halogens is 1. The molecular formula is C19H24FN5O. The molecule has 0 spiro atoms. The maximum absolute atomic E-state index is 13.9. The van der Waals surface area contributed by atoms with Gasteiger partial charge in [0.2, 0.25) is 0 Å². The largest absolute Gasteiger partial charge is 0.366 e. The Morgan fingerprint density at radius 3 is 2.65 bits per heavy atom. The van der Waals surface area contributed by atoms with Gasteiger partial charge in [0.25, 0.3) is 5.91 Å². The second-order valence-corrected chi connectivity index (χ2v) is 7.83. The lowest BCUT2D eigenvalue weighted by atomic mass is 9.75. The third kappa shape index (κ3) is 2.49. The zero-order valence-corrected chi connectivity index (χ0v) is 15.3. The van der Waals surface area contributed by atoms with E-state index in [0.717, 1.165) is 37.1 Å². The van der Waals surface area contributed by atoms with Crippen molar-refractivity contribution in [3.63, 3.8) is 0 Å². The molecule has 1 amide bonds. The Labute approximate surface area is 151 Å². The van der Waals surface area contributed by atoms with Crippen molar-refractivity contribution in [3.8, 4) is 0 Å². The second kappa shape index (κ2) is 5.81. The molecule has 0 radical (unpaired) electrons. The van der Waals surface area contributed by atoms with Crippen LogP contribution in [0.3, 0.4) is 0 Å². The SMILES string of the molecule is CC(C)N1CCC(C)(c2c[nH]n3c2nc2cc(F)cc(C(N)=O)c23)CC1. The molecule has 1 aliphatic heterocycles. The molecule has 1 saturated heterocycles. The summed E-state index contributed by atoms with van der Waals surface area (Å²) < 4.78 is 15.6. The molecule has 1 aliphatic rings. The summed E-state index contributed by atoms with van der Waals surface area (Å²) in [6, 6.07) is 3.05. The third-order valence-corrected chi connectivity index (χ3v) is 5.84. The molecule has 3 N–H and O–H groups in total. The van der Waals surface area contributed by atoms with Gasteiger partial charge in [0.1, 0.15) is 11.3 Å². The van der Waals surface area contributed by atoms with Crippen LogP contribution in [0.1, 0.15) is 49.5 Å². The molecule has 2 aromatic heterocycles. The number of rotatable bonds is 3. The molecule has 138 valence electrons. The standard InChI is InChI=1S/C19H24FN5O/c1-11(2)24-6-4-19(3,5-7-24)14-10-22-25-16-13(17(21)26)8-12(20)9-15(16)23-18(14)25/h8-11,22H,4-7H2,1-3H3,(H2,21,26). The van der Waals surface area contributed by atoms with Crippen LogP contribution >= 0.6 is 0 Å². The summed E-state index contributed by atoms with van der Waals surface area (Å²) in [5, 5.41) is 3.19. The summed E-state index contributed by atoms with van der Waals surface area (Å²) in [5.74, 6) is -1.17. The van der Waals surface area contributed by atoms with Gasteiger partial charge >= 0.3 is 0 Å². The van der Waals surface area contributed by atoms with E-state index in [2.05, 4.69) is 35.8 Å². The number of hydrogen-bond acceptors (Lipinski definition) is 3. The molecule has 3 heterocycles. The van der Waals surface area contributed by atoms with Gasteiger partial charge in [0, 0.05) is 29.3 Å². The van der Waals surface area contributed by atoms with E-state index in [1.807, 2.05) is 6.20 Å². The highest BCUT2D eigenvalue weighted by molar-refractivity contribution is 6.05. The first kappa shape index (κ1) is 17.0. The minimum Gasteiger partial charge on any atom is -0.366 e. The van der Waals surface area contributed by atoms with Crippen molar-refractivity contribution in [2.75, 3.05) is 13.1 Å². The first-order valence-electron chi connectivity index (χ1n) is 9.03. The van der Waals surface area contributed by atoms with Crippen LogP contribution in [0.4, 0.5) is 4.39 Å². The van der Waals surface area contributed by atoms with Crippen molar-refractivity contribution in [3.05, 3.63) is 35.3 Å². The van der Waals surface area contributed by atoms with Crippen LogP contribution in [0.15, 0.2) is 18.3 Å². The maximum atomic E-state index is 13.9. The average Bonchev–Trinajstić information content (AvgIpc) is 3.12. The summed E-state index contributed by atoms with van der Waals surface area (Å²) in [6.07, 6.45) is 4.01. The van der Waals surface area contributed by atoms with E-state index in [-0.39, 0.29) is 11.0 Å². The van der Waals surface area contributed by atoms with E-state index in [0.29, 0.717) is 17.1 Å². The monoisotopic (exact) mass is 357 g/mol. The number of piperidine rings is 1. The molecule has 0 saturated carbocycles. The number of imidazole rings is 1. The minimum absolute atomic E-state index is 0.0144. The summed E-state index contributed by atoms with van der Waals surface area (Å²) in [6.45, 7) is 8.76. The van der Waals surface area contributed by atoms with E-state index >= 15 is 0 Å². The van der Waals surface area contributed by atoms with Gasteiger partial charge in [-0.1, -0.05) is 6.92 Å². The number of nitrogens with two attached hydrogens (primary N) is 1. The number of H-pyrrole nitrogens is 1. The van der Waals surface area contributed by atoms with Gasteiger partial charge in [0.05, 0.1) is 11.1 Å². The lowest BCUT2D eigenvalue weighted by Crippen LogP contribution is -2.43. The number of carbonyl (C=O) groups is 1. The van der Waals surface area contributed by atoms with Crippen LogP contribution in [0.2, 0.25) is 0 Å². The number of primary amides is 1. The smallest absolute Gasteiger partial charge is 0.251 e. The third-order valence-electron chi connectivity index (χ3n) is 5.84. The van der Waals surface area contributed by atoms with Crippen LogP contribution in [0.25, 0.3) is 16.7 Å². The fourth-order valence-corrected chi connectivity index (χ4v) is 4.11. The Balaban J connectivity index is 1.83. The number of fused-ring (bicyclic) bond motifs is 3. The van der Waals surface area contributed by atoms with Crippen molar-refractivity contribution >= 4 is 22.6 Å². The number of benzene rings is 1. The van der Waals surface area contributed by atoms with Crippen molar-refractivity contribution in [1.82, 2.24) is 19.5 Å². The van der Waals surface area contributed by atoms with Crippen molar-refractivity contribution in [1.29, 1.82) is 0 Å². The predicted octanol–water partition coefficient (Wildman–Crippen LogP) is 2.82.